The Morgan fingerprint density at radius 1 is 0.367 bits per heavy atom. The minimum Gasteiger partial charge on any atom is -0.463 e. The van der Waals surface area contributed by atoms with Gasteiger partial charge in [0.05, 0.1) is 22.7 Å². The fourth-order valence-electron chi connectivity index (χ4n) is 8.29. The molecule has 0 amide bonds. The SMILES string of the molecule is c1ccc(-n2c3ccccc3c3c(-c4c5ccccc5c(-c5coc6c5ccc5oc7ccccc7c56)c5ccccc45)cccc32)cc1. The van der Waals surface area contributed by atoms with Crippen molar-refractivity contribution in [2.24, 2.45) is 0 Å². The second kappa shape index (κ2) is 9.96. The van der Waals surface area contributed by atoms with Crippen LogP contribution in [0.5, 0.6) is 0 Å². The van der Waals surface area contributed by atoms with E-state index in [4.69, 9.17) is 8.83 Å². The van der Waals surface area contributed by atoms with Gasteiger partial charge < -0.3 is 13.4 Å². The number of nitrogens with zero attached hydrogens (tertiary/aromatic N) is 1. The summed E-state index contributed by atoms with van der Waals surface area (Å²) < 4.78 is 15.1. The van der Waals surface area contributed by atoms with Gasteiger partial charge in [-0.05, 0) is 75.1 Å². The standard InChI is InChI=1S/C46H27NO2/c1-2-13-28(14-3-1)47-38-22-10-8-19-34(38)44-36(21-12-23-39(44)47)42-29-15-4-6-17-31(29)43(32-18-7-5-16-30(32)42)37-27-48-46-33(37)25-26-41-45(46)35-20-9-11-24-40(35)49-41/h1-27H. The first-order valence-electron chi connectivity index (χ1n) is 16.7. The van der Waals surface area contributed by atoms with E-state index in [2.05, 4.69) is 150 Å². The predicted molar refractivity (Wildman–Crippen MR) is 204 cm³/mol. The van der Waals surface area contributed by atoms with Gasteiger partial charge in [-0.15, -0.1) is 0 Å². The van der Waals surface area contributed by atoms with Crippen molar-refractivity contribution in [1.82, 2.24) is 4.57 Å². The molecule has 0 spiro atoms. The van der Waals surface area contributed by atoms with Gasteiger partial charge in [0.25, 0.3) is 0 Å². The summed E-state index contributed by atoms with van der Waals surface area (Å²) in [7, 11) is 0. The van der Waals surface area contributed by atoms with Gasteiger partial charge in [-0.1, -0.05) is 115 Å². The smallest absolute Gasteiger partial charge is 0.146 e. The molecule has 0 aliphatic rings. The normalized spacial score (nSPS) is 12.1. The van der Waals surface area contributed by atoms with Crippen LogP contribution in [0.3, 0.4) is 0 Å². The average molecular weight is 626 g/mol. The van der Waals surface area contributed by atoms with E-state index in [1.165, 1.54) is 60.0 Å². The van der Waals surface area contributed by atoms with Crippen LogP contribution in [0.15, 0.2) is 173 Å². The van der Waals surface area contributed by atoms with Crippen molar-refractivity contribution >= 4 is 76.3 Å². The maximum Gasteiger partial charge on any atom is 0.146 e. The Labute approximate surface area is 280 Å². The number of para-hydroxylation sites is 3. The molecule has 11 rings (SSSR count). The van der Waals surface area contributed by atoms with E-state index in [9.17, 15) is 0 Å². The van der Waals surface area contributed by atoms with Crippen molar-refractivity contribution in [2.75, 3.05) is 0 Å². The summed E-state index contributed by atoms with van der Waals surface area (Å²) in [5.74, 6) is 0. The number of rotatable bonds is 3. The van der Waals surface area contributed by atoms with Crippen LogP contribution in [0.2, 0.25) is 0 Å². The molecule has 228 valence electrons. The lowest BCUT2D eigenvalue weighted by atomic mass is 9.85. The first kappa shape index (κ1) is 26.5. The molecule has 0 bridgehead atoms. The second-order valence-corrected chi connectivity index (χ2v) is 12.8. The molecule has 0 aliphatic heterocycles. The zero-order chi connectivity index (χ0) is 32.1. The van der Waals surface area contributed by atoms with E-state index in [1.807, 2.05) is 18.4 Å². The summed E-state index contributed by atoms with van der Waals surface area (Å²) in [6.45, 7) is 0. The van der Waals surface area contributed by atoms with E-state index in [0.717, 1.165) is 44.2 Å². The van der Waals surface area contributed by atoms with Crippen LogP contribution in [0.25, 0.3) is 104 Å². The van der Waals surface area contributed by atoms with Crippen LogP contribution in [0, 0.1) is 0 Å². The monoisotopic (exact) mass is 625 g/mol. The third kappa shape index (κ3) is 3.62. The molecule has 3 nitrogen and oxygen atoms in total. The minimum atomic E-state index is 0.836. The van der Waals surface area contributed by atoms with Crippen molar-refractivity contribution in [3.05, 3.63) is 164 Å². The molecule has 0 fully saturated rings. The highest BCUT2D eigenvalue weighted by molar-refractivity contribution is 6.28. The fraction of sp³-hybridized carbons (Fsp3) is 0. The Morgan fingerprint density at radius 3 is 1.69 bits per heavy atom. The molecule has 3 heteroatoms. The van der Waals surface area contributed by atoms with Gasteiger partial charge in [0.15, 0.2) is 0 Å². The Morgan fingerprint density at radius 2 is 0.959 bits per heavy atom. The van der Waals surface area contributed by atoms with E-state index >= 15 is 0 Å². The van der Waals surface area contributed by atoms with Crippen LogP contribution >= 0.6 is 0 Å². The molecule has 0 atom stereocenters. The molecule has 3 heterocycles. The minimum absolute atomic E-state index is 0.836. The van der Waals surface area contributed by atoms with Gasteiger partial charge in [0.2, 0.25) is 0 Å². The molecule has 0 saturated heterocycles. The number of aromatic nitrogens is 1. The highest BCUT2D eigenvalue weighted by atomic mass is 16.3. The highest BCUT2D eigenvalue weighted by Gasteiger charge is 2.23. The summed E-state index contributed by atoms with van der Waals surface area (Å²) in [4.78, 5) is 0. The Kier molecular flexibility index (Phi) is 5.38. The topological polar surface area (TPSA) is 31.2 Å². The number of fused-ring (bicyclic) bond motifs is 10. The van der Waals surface area contributed by atoms with Gasteiger partial charge in [-0.25, -0.2) is 0 Å². The summed E-state index contributed by atoms with van der Waals surface area (Å²) in [5.41, 5.74) is 10.8. The first-order valence-corrected chi connectivity index (χ1v) is 16.7. The summed E-state index contributed by atoms with van der Waals surface area (Å²) in [6, 6.07) is 56.3. The molecular formula is C46H27NO2. The number of benzene rings is 8. The molecule has 0 unspecified atom stereocenters. The Hall–Kier alpha value is -6.58. The van der Waals surface area contributed by atoms with Crippen LogP contribution < -0.4 is 0 Å². The molecule has 0 saturated carbocycles. The molecule has 0 radical (unpaired) electrons. The average Bonchev–Trinajstić information content (AvgIpc) is 3.86. The van der Waals surface area contributed by atoms with E-state index in [0.29, 0.717) is 0 Å². The largest absolute Gasteiger partial charge is 0.463 e. The summed E-state index contributed by atoms with van der Waals surface area (Å²) >= 11 is 0. The van der Waals surface area contributed by atoms with Crippen molar-refractivity contribution < 1.29 is 8.83 Å². The van der Waals surface area contributed by atoms with Crippen LogP contribution in [-0.2, 0) is 0 Å². The van der Waals surface area contributed by atoms with Crippen molar-refractivity contribution in [2.45, 2.75) is 0 Å². The maximum atomic E-state index is 6.48. The highest BCUT2D eigenvalue weighted by Crippen LogP contribution is 2.49. The van der Waals surface area contributed by atoms with E-state index < -0.39 is 0 Å². The zero-order valence-electron chi connectivity index (χ0n) is 26.4. The lowest BCUT2D eigenvalue weighted by Gasteiger charge is -2.18. The number of hydrogen-bond donors (Lipinski definition) is 0. The Balaban J connectivity index is 1.26. The van der Waals surface area contributed by atoms with Gasteiger partial charge in [-0.2, -0.15) is 0 Å². The van der Waals surface area contributed by atoms with Gasteiger partial charge in [-0.3, -0.25) is 0 Å². The zero-order valence-corrected chi connectivity index (χ0v) is 26.4. The van der Waals surface area contributed by atoms with Gasteiger partial charge in [0, 0.05) is 38.4 Å². The van der Waals surface area contributed by atoms with Gasteiger partial charge >= 0.3 is 0 Å². The van der Waals surface area contributed by atoms with Gasteiger partial charge in [0.1, 0.15) is 16.7 Å². The lowest BCUT2D eigenvalue weighted by Crippen LogP contribution is -1.93. The van der Waals surface area contributed by atoms with Crippen molar-refractivity contribution in [3.8, 4) is 27.9 Å². The number of furan rings is 2. The second-order valence-electron chi connectivity index (χ2n) is 12.8. The van der Waals surface area contributed by atoms with Crippen molar-refractivity contribution in [1.29, 1.82) is 0 Å². The maximum absolute atomic E-state index is 6.48. The Bertz CT molecular complexity index is 3050. The molecule has 11 aromatic rings. The number of hydrogen-bond acceptors (Lipinski definition) is 2. The third-order valence-corrected chi connectivity index (χ3v) is 10.3. The molecule has 3 aromatic heterocycles. The molecule has 8 aromatic carbocycles. The molecule has 0 N–H and O–H groups in total. The summed E-state index contributed by atoms with van der Waals surface area (Å²) in [6.07, 6.45) is 1.94. The van der Waals surface area contributed by atoms with Crippen LogP contribution in [-0.4, -0.2) is 4.57 Å². The van der Waals surface area contributed by atoms with Crippen LogP contribution in [0.1, 0.15) is 0 Å². The van der Waals surface area contributed by atoms with Crippen molar-refractivity contribution in [3.63, 3.8) is 0 Å². The summed E-state index contributed by atoms with van der Waals surface area (Å²) in [5, 5.41) is 10.5. The predicted octanol–water partition coefficient (Wildman–Crippen LogP) is 13.1. The fourth-order valence-corrected chi connectivity index (χ4v) is 8.29. The van der Waals surface area contributed by atoms with Crippen LogP contribution in [0.4, 0.5) is 0 Å². The third-order valence-electron chi connectivity index (χ3n) is 10.3. The quantitative estimate of drug-likeness (QED) is 0.183. The first-order chi connectivity index (χ1) is 24.3. The molecular weight excluding hydrogens is 599 g/mol. The van der Waals surface area contributed by atoms with E-state index in [1.54, 1.807) is 0 Å². The lowest BCUT2D eigenvalue weighted by molar-refractivity contribution is 0.619. The van der Waals surface area contributed by atoms with E-state index in [-0.39, 0.29) is 0 Å². The molecule has 0 aliphatic carbocycles. The molecule has 49 heavy (non-hydrogen) atoms.